The van der Waals surface area contributed by atoms with Crippen molar-refractivity contribution < 1.29 is 15.0 Å². The van der Waals surface area contributed by atoms with E-state index in [1.165, 1.54) is 0 Å². The van der Waals surface area contributed by atoms with Gasteiger partial charge in [-0.15, -0.1) is 0 Å². The fraction of sp³-hybridized carbons (Fsp3) is 0.923. The molecule has 106 valence electrons. The Morgan fingerprint density at radius 1 is 1.50 bits per heavy atom. The highest BCUT2D eigenvalue weighted by Gasteiger charge is 2.47. The summed E-state index contributed by atoms with van der Waals surface area (Å²) in [6.07, 6.45) is 4.55. The van der Waals surface area contributed by atoms with Gasteiger partial charge in [0, 0.05) is 6.61 Å². The van der Waals surface area contributed by atoms with Crippen LogP contribution in [-0.2, 0) is 4.79 Å². The SMILES string of the molecule is CCNC1(C(=O)O)CCCC1CCSCCCO. The van der Waals surface area contributed by atoms with E-state index in [9.17, 15) is 9.90 Å². The smallest absolute Gasteiger partial charge is 0.324 e. The molecule has 0 aromatic rings. The molecule has 0 radical (unpaired) electrons. The van der Waals surface area contributed by atoms with Crippen molar-refractivity contribution in [2.45, 2.75) is 44.6 Å². The third-order valence-electron chi connectivity index (χ3n) is 3.75. The first-order chi connectivity index (χ1) is 8.67. The average Bonchev–Trinajstić information content (AvgIpc) is 2.74. The van der Waals surface area contributed by atoms with E-state index in [4.69, 9.17) is 5.11 Å². The second kappa shape index (κ2) is 8.02. The molecule has 1 aliphatic rings. The minimum absolute atomic E-state index is 0.243. The van der Waals surface area contributed by atoms with Crippen LogP contribution < -0.4 is 5.32 Å². The number of nitrogens with one attached hydrogen (secondary N) is 1. The lowest BCUT2D eigenvalue weighted by Crippen LogP contribution is -2.54. The summed E-state index contributed by atoms with van der Waals surface area (Å²) in [6.45, 7) is 2.92. The Balaban J connectivity index is 2.44. The number of aliphatic carboxylic acids is 1. The van der Waals surface area contributed by atoms with Gasteiger partial charge in [-0.05, 0) is 49.7 Å². The molecular formula is C13H25NO3S. The summed E-state index contributed by atoms with van der Waals surface area (Å²) in [6, 6.07) is 0. The molecule has 3 N–H and O–H groups in total. The zero-order valence-electron chi connectivity index (χ0n) is 11.2. The minimum Gasteiger partial charge on any atom is -0.480 e. The Labute approximate surface area is 114 Å². The third-order valence-corrected chi connectivity index (χ3v) is 4.85. The number of aliphatic hydroxyl groups is 1. The Bertz CT molecular complexity index is 263. The van der Waals surface area contributed by atoms with Gasteiger partial charge in [-0.3, -0.25) is 4.79 Å². The van der Waals surface area contributed by atoms with E-state index in [1.807, 2.05) is 18.7 Å². The van der Waals surface area contributed by atoms with Crippen LogP contribution in [0.25, 0.3) is 0 Å². The summed E-state index contributed by atoms with van der Waals surface area (Å²) in [5.41, 5.74) is -0.688. The molecule has 1 saturated carbocycles. The average molecular weight is 275 g/mol. The molecule has 0 aromatic carbocycles. The van der Waals surface area contributed by atoms with E-state index < -0.39 is 11.5 Å². The van der Waals surface area contributed by atoms with Crippen LogP contribution in [0.4, 0.5) is 0 Å². The molecule has 18 heavy (non-hydrogen) atoms. The van der Waals surface area contributed by atoms with Crippen LogP contribution >= 0.6 is 11.8 Å². The molecule has 1 rings (SSSR count). The maximum Gasteiger partial charge on any atom is 0.324 e. The summed E-state index contributed by atoms with van der Waals surface area (Å²) in [7, 11) is 0. The Hall–Kier alpha value is -0.260. The first-order valence-corrected chi connectivity index (χ1v) is 8.00. The molecule has 0 bridgehead atoms. The summed E-state index contributed by atoms with van der Waals surface area (Å²) in [5, 5.41) is 21.4. The fourth-order valence-corrected chi connectivity index (χ4v) is 3.86. The van der Waals surface area contributed by atoms with E-state index in [1.54, 1.807) is 0 Å². The van der Waals surface area contributed by atoms with Gasteiger partial charge in [-0.25, -0.2) is 0 Å². The molecule has 0 aliphatic heterocycles. The maximum atomic E-state index is 11.6. The van der Waals surface area contributed by atoms with Crippen molar-refractivity contribution in [1.82, 2.24) is 5.32 Å². The molecule has 0 heterocycles. The number of hydrogen-bond acceptors (Lipinski definition) is 4. The molecular weight excluding hydrogens is 250 g/mol. The Kier molecular flexibility index (Phi) is 7.04. The monoisotopic (exact) mass is 275 g/mol. The predicted molar refractivity (Wildman–Crippen MR) is 75.0 cm³/mol. The van der Waals surface area contributed by atoms with E-state index >= 15 is 0 Å². The lowest BCUT2D eigenvalue weighted by atomic mass is 9.85. The first-order valence-electron chi connectivity index (χ1n) is 6.84. The summed E-state index contributed by atoms with van der Waals surface area (Å²) < 4.78 is 0. The van der Waals surface area contributed by atoms with Crippen molar-refractivity contribution in [3.63, 3.8) is 0 Å². The third kappa shape index (κ3) is 3.87. The Morgan fingerprint density at radius 2 is 2.28 bits per heavy atom. The number of carboxylic acid groups (broad SMARTS) is 1. The van der Waals surface area contributed by atoms with Gasteiger partial charge in [0.1, 0.15) is 5.54 Å². The van der Waals surface area contributed by atoms with Gasteiger partial charge in [0.05, 0.1) is 0 Å². The summed E-state index contributed by atoms with van der Waals surface area (Å²) in [4.78, 5) is 11.6. The fourth-order valence-electron chi connectivity index (χ4n) is 2.87. The number of aliphatic hydroxyl groups excluding tert-OH is 1. The first kappa shape index (κ1) is 15.8. The van der Waals surface area contributed by atoms with Gasteiger partial charge in [-0.2, -0.15) is 11.8 Å². The number of hydrogen-bond donors (Lipinski definition) is 3. The standard InChI is InChI=1S/C13H25NO3S/c1-2-14-13(12(16)17)7-3-5-11(13)6-10-18-9-4-8-15/h11,14-15H,2-10H2,1H3,(H,16,17). The van der Waals surface area contributed by atoms with Crippen molar-refractivity contribution in [2.75, 3.05) is 24.7 Å². The molecule has 1 fully saturated rings. The highest BCUT2D eigenvalue weighted by Crippen LogP contribution is 2.38. The quantitative estimate of drug-likeness (QED) is 0.559. The van der Waals surface area contributed by atoms with E-state index in [2.05, 4.69) is 5.32 Å². The molecule has 0 saturated heterocycles. The van der Waals surface area contributed by atoms with Crippen LogP contribution in [0.2, 0.25) is 0 Å². The molecule has 5 heteroatoms. The molecule has 0 amide bonds. The number of likely N-dealkylation sites (N-methyl/N-ethyl adjacent to an activating group) is 1. The Morgan fingerprint density at radius 3 is 2.89 bits per heavy atom. The van der Waals surface area contributed by atoms with Gasteiger partial charge in [0.25, 0.3) is 0 Å². The van der Waals surface area contributed by atoms with Gasteiger partial charge in [0.2, 0.25) is 0 Å². The molecule has 0 spiro atoms. The molecule has 2 unspecified atom stereocenters. The largest absolute Gasteiger partial charge is 0.480 e. The molecule has 1 aliphatic carbocycles. The summed E-state index contributed by atoms with van der Waals surface area (Å²) >= 11 is 1.81. The highest BCUT2D eigenvalue weighted by molar-refractivity contribution is 7.99. The number of carboxylic acids is 1. The van der Waals surface area contributed by atoms with E-state index in [0.29, 0.717) is 6.54 Å². The maximum absolute atomic E-state index is 11.6. The zero-order valence-corrected chi connectivity index (χ0v) is 12.0. The molecule has 4 nitrogen and oxygen atoms in total. The number of carbonyl (C=O) groups is 1. The van der Waals surface area contributed by atoms with Crippen LogP contribution in [0.15, 0.2) is 0 Å². The topological polar surface area (TPSA) is 69.6 Å². The molecule has 2 atom stereocenters. The predicted octanol–water partition coefficient (Wildman–Crippen LogP) is 1.73. The lowest BCUT2D eigenvalue weighted by Gasteiger charge is -2.32. The van der Waals surface area contributed by atoms with Gasteiger partial charge in [-0.1, -0.05) is 13.3 Å². The normalized spacial score (nSPS) is 27.6. The van der Waals surface area contributed by atoms with E-state index in [0.717, 1.165) is 43.6 Å². The van der Waals surface area contributed by atoms with Crippen LogP contribution in [0.1, 0.15) is 39.0 Å². The van der Waals surface area contributed by atoms with Crippen molar-refractivity contribution in [1.29, 1.82) is 0 Å². The number of thioether (sulfide) groups is 1. The van der Waals surface area contributed by atoms with Gasteiger partial charge >= 0.3 is 5.97 Å². The van der Waals surface area contributed by atoms with Crippen molar-refractivity contribution >= 4 is 17.7 Å². The van der Waals surface area contributed by atoms with Crippen LogP contribution in [-0.4, -0.2) is 46.4 Å². The second-order valence-electron chi connectivity index (χ2n) is 4.87. The van der Waals surface area contributed by atoms with Crippen molar-refractivity contribution in [3.05, 3.63) is 0 Å². The van der Waals surface area contributed by atoms with Crippen LogP contribution in [0, 0.1) is 5.92 Å². The second-order valence-corrected chi connectivity index (χ2v) is 6.10. The van der Waals surface area contributed by atoms with E-state index in [-0.39, 0.29) is 12.5 Å². The van der Waals surface area contributed by atoms with Crippen molar-refractivity contribution in [3.8, 4) is 0 Å². The van der Waals surface area contributed by atoms with Crippen molar-refractivity contribution in [2.24, 2.45) is 5.92 Å². The van der Waals surface area contributed by atoms with Gasteiger partial charge < -0.3 is 15.5 Å². The van der Waals surface area contributed by atoms with Crippen LogP contribution in [0.3, 0.4) is 0 Å². The highest BCUT2D eigenvalue weighted by atomic mass is 32.2. The van der Waals surface area contributed by atoms with Crippen LogP contribution in [0.5, 0.6) is 0 Å². The summed E-state index contributed by atoms with van der Waals surface area (Å²) in [5.74, 6) is 1.51. The zero-order chi connectivity index (χ0) is 13.4. The van der Waals surface area contributed by atoms with Gasteiger partial charge in [0.15, 0.2) is 0 Å². The lowest BCUT2D eigenvalue weighted by molar-refractivity contribution is -0.146. The minimum atomic E-state index is -0.688. The number of rotatable bonds is 9. The molecule has 0 aromatic heterocycles.